The van der Waals surface area contributed by atoms with Gasteiger partial charge in [-0.05, 0) is 37.5 Å². The zero-order valence-electron chi connectivity index (χ0n) is 10.6. The number of hydrogen-bond acceptors (Lipinski definition) is 2. The van der Waals surface area contributed by atoms with Crippen molar-refractivity contribution in [1.29, 1.82) is 0 Å². The maximum absolute atomic E-state index is 12.4. The van der Waals surface area contributed by atoms with Crippen LogP contribution >= 0.6 is 11.6 Å². The fraction of sp³-hybridized carbons (Fsp3) is 0.500. The molecule has 0 aliphatic heterocycles. The Morgan fingerprint density at radius 3 is 2.67 bits per heavy atom. The monoisotopic (exact) mass is 266 g/mol. The Kier molecular flexibility index (Phi) is 3.81. The number of benzene rings is 1. The molecule has 3 N–H and O–H groups in total. The number of halogens is 1. The van der Waals surface area contributed by atoms with Gasteiger partial charge in [-0.3, -0.25) is 4.79 Å². The van der Waals surface area contributed by atoms with Gasteiger partial charge in [-0.15, -0.1) is 0 Å². The lowest BCUT2D eigenvalue weighted by Gasteiger charge is -2.26. The van der Waals surface area contributed by atoms with E-state index in [1.54, 1.807) is 18.2 Å². The third-order valence-corrected chi connectivity index (χ3v) is 4.22. The van der Waals surface area contributed by atoms with Crippen LogP contribution in [-0.2, 0) is 4.79 Å². The normalized spacial score (nSPS) is 17.7. The van der Waals surface area contributed by atoms with Crippen LogP contribution in [0.15, 0.2) is 18.2 Å². The minimum Gasteiger partial charge on any atom is -0.397 e. The number of anilines is 2. The third kappa shape index (κ3) is 2.46. The highest BCUT2D eigenvalue weighted by Gasteiger charge is 2.39. The second-order valence-electron chi connectivity index (χ2n) is 5.03. The second kappa shape index (κ2) is 5.19. The fourth-order valence-electron chi connectivity index (χ4n) is 2.70. The Hall–Kier alpha value is -1.22. The van der Waals surface area contributed by atoms with Crippen molar-refractivity contribution in [2.24, 2.45) is 5.41 Å². The molecule has 98 valence electrons. The molecule has 1 aromatic rings. The highest BCUT2D eigenvalue weighted by molar-refractivity contribution is 6.31. The van der Waals surface area contributed by atoms with Gasteiger partial charge < -0.3 is 11.1 Å². The Morgan fingerprint density at radius 1 is 1.44 bits per heavy atom. The minimum atomic E-state index is -0.202. The predicted octanol–water partition coefficient (Wildman–Crippen LogP) is 3.83. The Bertz CT molecular complexity index is 453. The van der Waals surface area contributed by atoms with Gasteiger partial charge >= 0.3 is 0 Å². The van der Waals surface area contributed by atoms with Crippen molar-refractivity contribution in [3.05, 3.63) is 23.2 Å². The molecule has 18 heavy (non-hydrogen) atoms. The van der Waals surface area contributed by atoms with Gasteiger partial charge in [0.05, 0.1) is 11.4 Å². The van der Waals surface area contributed by atoms with Gasteiger partial charge in [0.15, 0.2) is 0 Å². The number of carbonyl (C=O) groups is 1. The molecule has 2 rings (SSSR count). The molecule has 1 fully saturated rings. The number of hydrogen-bond donors (Lipinski definition) is 2. The predicted molar refractivity (Wildman–Crippen MR) is 75.7 cm³/mol. The van der Waals surface area contributed by atoms with E-state index in [1.807, 2.05) is 0 Å². The maximum Gasteiger partial charge on any atom is 0.230 e. The van der Waals surface area contributed by atoms with Gasteiger partial charge in [0.25, 0.3) is 0 Å². The van der Waals surface area contributed by atoms with Gasteiger partial charge in [-0.25, -0.2) is 0 Å². The summed E-state index contributed by atoms with van der Waals surface area (Å²) in [5, 5.41) is 3.53. The average Bonchev–Trinajstić information content (AvgIpc) is 2.82. The molecular formula is C14H19ClN2O. The van der Waals surface area contributed by atoms with Gasteiger partial charge in [0.1, 0.15) is 0 Å². The van der Waals surface area contributed by atoms with E-state index in [1.165, 1.54) is 0 Å². The molecular weight excluding hydrogens is 248 g/mol. The van der Waals surface area contributed by atoms with Crippen molar-refractivity contribution in [1.82, 2.24) is 0 Å². The summed E-state index contributed by atoms with van der Waals surface area (Å²) in [5.41, 5.74) is 6.82. The van der Waals surface area contributed by atoms with Crippen molar-refractivity contribution in [3.8, 4) is 0 Å². The first kappa shape index (κ1) is 13.2. The van der Waals surface area contributed by atoms with E-state index in [4.69, 9.17) is 17.3 Å². The van der Waals surface area contributed by atoms with Gasteiger partial charge in [-0.1, -0.05) is 31.4 Å². The number of rotatable bonds is 3. The summed E-state index contributed by atoms with van der Waals surface area (Å²) in [4.78, 5) is 12.4. The molecule has 1 saturated carbocycles. The average molecular weight is 267 g/mol. The molecule has 0 atom stereocenters. The smallest absolute Gasteiger partial charge is 0.230 e. The van der Waals surface area contributed by atoms with E-state index < -0.39 is 0 Å². The number of nitrogen functional groups attached to an aromatic ring is 1. The summed E-state index contributed by atoms with van der Waals surface area (Å²) in [5.74, 6) is 0.0940. The fourth-order valence-corrected chi connectivity index (χ4v) is 2.88. The van der Waals surface area contributed by atoms with Crippen LogP contribution in [-0.4, -0.2) is 5.91 Å². The molecule has 0 spiro atoms. The highest BCUT2D eigenvalue weighted by Crippen LogP contribution is 2.42. The number of nitrogens with two attached hydrogens (primary N) is 1. The lowest BCUT2D eigenvalue weighted by atomic mass is 9.82. The van der Waals surface area contributed by atoms with Crippen LogP contribution in [0.4, 0.5) is 11.4 Å². The SMILES string of the molecule is CCC1(C(=O)Nc2ccc(Cl)cc2N)CCCC1. The Balaban J connectivity index is 2.15. The first-order valence-corrected chi connectivity index (χ1v) is 6.82. The van der Waals surface area contributed by atoms with Gasteiger partial charge in [-0.2, -0.15) is 0 Å². The van der Waals surface area contributed by atoms with E-state index in [9.17, 15) is 4.79 Å². The first-order valence-electron chi connectivity index (χ1n) is 6.44. The molecule has 0 radical (unpaired) electrons. The molecule has 1 aliphatic rings. The van der Waals surface area contributed by atoms with Crippen LogP contribution in [0.25, 0.3) is 0 Å². The molecule has 3 nitrogen and oxygen atoms in total. The molecule has 0 heterocycles. The summed E-state index contributed by atoms with van der Waals surface area (Å²) in [6.07, 6.45) is 5.10. The van der Waals surface area contributed by atoms with Crippen molar-refractivity contribution in [2.75, 3.05) is 11.1 Å². The quantitative estimate of drug-likeness (QED) is 0.817. The van der Waals surface area contributed by atoms with Crippen molar-refractivity contribution < 1.29 is 4.79 Å². The van der Waals surface area contributed by atoms with Gasteiger partial charge in [0, 0.05) is 10.4 Å². The zero-order valence-corrected chi connectivity index (χ0v) is 11.4. The highest BCUT2D eigenvalue weighted by atomic mass is 35.5. The zero-order chi connectivity index (χ0) is 13.2. The first-order chi connectivity index (χ1) is 8.57. The van der Waals surface area contributed by atoms with Gasteiger partial charge in [0.2, 0.25) is 5.91 Å². The molecule has 1 amide bonds. The van der Waals surface area contributed by atoms with Crippen LogP contribution in [0.5, 0.6) is 0 Å². The molecule has 1 aromatic carbocycles. The molecule has 0 bridgehead atoms. The van der Waals surface area contributed by atoms with E-state index in [2.05, 4.69) is 12.2 Å². The molecule has 0 unspecified atom stereocenters. The molecule has 4 heteroatoms. The lowest BCUT2D eigenvalue weighted by molar-refractivity contribution is -0.125. The van der Waals surface area contributed by atoms with E-state index in [-0.39, 0.29) is 11.3 Å². The molecule has 0 saturated heterocycles. The topological polar surface area (TPSA) is 55.1 Å². The second-order valence-corrected chi connectivity index (χ2v) is 5.46. The third-order valence-electron chi connectivity index (χ3n) is 3.98. The van der Waals surface area contributed by atoms with Crippen LogP contribution < -0.4 is 11.1 Å². The van der Waals surface area contributed by atoms with E-state index in [0.29, 0.717) is 16.4 Å². The summed E-state index contributed by atoms with van der Waals surface area (Å²) in [6, 6.07) is 5.15. The van der Waals surface area contributed by atoms with Crippen molar-refractivity contribution in [3.63, 3.8) is 0 Å². The van der Waals surface area contributed by atoms with Crippen LogP contribution in [0.2, 0.25) is 5.02 Å². The Labute approximate surface area is 113 Å². The van der Waals surface area contributed by atoms with E-state index >= 15 is 0 Å². The number of amides is 1. The summed E-state index contributed by atoms with van der Waals surface area (Å²) < 4.78 is 0. The summed E-state index contributed by atoms with van der Waals surface area (Å²) in [6.45, 7) is 2.08. The minimum absolute atomic E-state index is 0.0940. The Morgan fingerprint density at radius 2 is 2.11 bits per heavy atom. The number of carbonyl (C=O) groups excluding carboxylic acids is 1. The van der Waals surface area contributed by atoms with Crippen molar-refractivity contribution in [2.45, 2.75) is 39.0 Å². The van der Waals surface area contributed by atoms with E-state index in [0.717, 1.165) is 32.1 Å². The summed E-state index contributed by atoms with van der Waals surface area (Å²) >= 11 is 5.84. The maximum atomic E-state index is 12.4. The van der Waals surface area contributed by atoms with Crippen LogP contribution in [0, 0.1) is 5.41 Å². The lowest BCUT2D eigenvalue weighted by Crippen LogP contribution is -2.33. The number of nitrogens with one attached hydrogen (secondary N) is 1. The summed E-state index contributed by atoms with van der Waals surface area (Å²) in [7, 11) is 0. The largest absolute Gasteiger partial charge is 0.397 e. The standard InChI is InChI=1S/C14H19ClN2O/c1-2-14(7-3-4-8-14)13(18)17-12-6-5-10(15)9-11(12)16/h5-6,9H,2-4,7-8,16H2,1H3,(H,17,18). The molecule has 0 aromatic heterocycles. The molecule has 1 aliphatic carbocycles. The van der Waals surface area contributed by atoms with Crippen LogP contribution in [0.3, 0.4) is 0 Å². The van der Waals surface area contributed by atoms with Crippen molar-refractivity contribution >= 4 is 28.9 Å². The van der Waals surface area contributed by atoms with Crippen LogP contribution in [0.1, 0.15) is 39.0 Å².